The number of thiophene rings is 1. The Morgan fingerprint density at radius 3 is 2.68 bits per heavy atom. The highest BCUT2D eigenvalue weighted by Gasteiger charge is 2.32. The minimum absolute atomic E-state index is 0.189. The van der Waals surface area contributed by atoms with Crippen LogP contribution in [-0.2, 0) is 9.53 Å². The summed E-state index contributed by atoms with van der Waals surface area (Å²) in [6, 6.07) is 10.4. The Hall–Kier alpha value is -2.48. The lowest BCUT2D eigenvalue weighted by atomic mass is 9.96. The van der Waals surface area contributed by atoms with Crippen LogP contribution in [0.1, 0.15) is 23.4 Å². The average Bonchev–Trinajstić information content (AvgIpc) is 3.29. The zero-order valence-corrected chi connectivity index (χ0v) is 17.4. The third-order valence-corrected chi connectivity index (χ3v) is 6.48. The maximum Gasteiger partial charge on any atom is 0.338 e. The number of rotatable bonds is 3. The highest BCUT2D eigenvalue weighted by molar-refractivity contribution is 7.11. The summed E-state index contributed by atoms with van der Waals surface area (Å²) in [4.78, 5) is 31.8. The Bertz CT molecular complexity index is 1250. The lowest BCUT2D eigenvalue weighted by Crippen LogP contribution is -2.39. The van der Waals surface area contributed by atoms with Gasteiger partial charge in [0.25, 0.3) is 5.56 Å². The minimum Gasteiger partial charge on any atom is -0.466 e. The number of nitrogens with zero attached hydrogens (tertiary/aromatic N) is 2. The van der Waals surface area contributed by atoms with E-state index in [2.05, 4.69) is 4.99 Å². The number of halogens is 1. The van der Waals surface area contributed by atoms with Gasteiger partial charge in [-0.1, -0.05) is 41.1 Å². The molecule has 0 unspecified atom stereocenters. The van der Waals surface area contributed by atoms with E-state index in [9.17, 15) is 9.59 Å². The zero-order valence-electron chi connectivity index (χ0n) is 15.0. The van der Waals surface area contributed by atoms with Crippen LogP contribution in [0.15, 0.2) is 62.8 Å². The van der Waals surface area contributed by atoms with Crippen molar-refractivity contribution in [2.24, 2.45) is 4.99 Å². The van der Waals surface area contributed by atoms with Crippen molar-refractivity contribution < 1.29 is 9.53 Å². The molecule has 3 heterocycles. The smallest absolute Gasteiger partial charge is 0.338 e. The van der Waals surface area contributed by atoms with Crippen molar-refractivity contribution in [3.05, 3.63) is 88.2 Å². The molecule has 1 aliphatic heterocycles. The lowest BCUT2D eigenvalue weighted by molar-refractivity contribution is -0.136. The average molecular weight is 431 g/mol. The maximum absolute atomic E-state index is 13.2. The summed E-state index contributed by atoms with van der Waals surface area (Å²) in [6.45, 7) is 1.76. The SMILES string of the molecule is COC(=O)C1=C(C)N=c2s/c(=C\c3cccs3)c(=O)n2[C@H]1c1ccc(Cl)cc1. The zero-order chi connectivity index (χ0) is 19.8. The molecule has 28 heavy (non-hydrogen) atoms. The molecular formula is C20H15ClN2O3S2. The van der Waals surface area contributed by atoms with Gasteiger partial charge in [0.05, 0.1) is 29.0 Å². The monoisotopic (exact) mass is 430 g/mol. The molecule has 2 aromatic heterocycles. The summed E-state index contributed by atoms with van der Waals surface area (Å²) in [5.41, 5.74) is 1.46. The Kier molecular flexibility index (Phi) is 5.05. The van der Waals surface area contributed by atoms with Gasteiger partial charge in [-0.25, -0.2) is 9.79 Å². The summed E-state index contributed by atoms with van der Waals surface area (Å²) in [5, 5.41) is 2.54. The van der Waals surface area contributed by atoms with Crippen molar-refractivity contribution in [3.8, 4) is 0 Å². The summed E-state index contributed by atoms with van der Waals surface area (Å²) in [6.07, 6.45) is 1.85. The number of thiazole rings is 1. The molecule has 142 valence electrons. The van der Waals surface area contributed by atoms with E-state index in [0.717, 1.165) is 10.4 Å². The molecule has 1 aliphatic rings. The van der Waals surface area contributed by atoms with Crippen LogP contribution in [0.4, 0.5) is 0 Å². The molecule has 3 aromatic rings. The van der Waals surface area contributed by atoms with Gasteiger partial charge in [-0.15, -0.1) is 11.3 Å². The van der Waals surface area contributed by atoms with Crippen LogP contribution in [0, 0.1) is 0 Å². The number of benzene rings is 1. The largest absolute Gasteiger partial charge is 0.466 e. The van der Waals surface area contributed by atoms with Gasteiger partial charge in [0.2, 0.25) is 0 Å². The number of allylic oxidation sites excluding steroid dienone is 1. The molecule has 4 rings (SSSR count). The van der Waals surface area contributed by atoms with Gasteiger partial charge in [-0.3, -0.25) is 9.36 Å². The molecule has 1 aromatic carbocycles. The predicted octanol–water partition coefficient (Wildman–Crippen LogP) is 3.12. The van der Waals surface area contributed by atoms with E-state index in [1.165, 1.54) is 18.4 Å². The molecule has 0 saturated carbocycles. The van der Waals surface area contributed by atoms with E-state index < -0.39 is 12.0 Å². The van der Waals surface area contributed by atoms with Crippen LogP contribution in [0.25, 0.3) is 6.08 Å². The molecule has 0 bridgehead atoms. The van der Waals surface area contributed by atoms with Crippen LogP contribution in [0.5, 0.6) is 0 Å². The Morgan fingerprint density at radius 2 is 2.04 bits per heavy atom. The van der Waals surface area contributed by atoms with E-state index in [-0.39, 0.29) is 5.56 Å². The van der Waals surface area contributed by atoms with Gasteiger partial charge in [-0.2, -0.15) is 0 Å². The first-order valence-electron chi connectivity index (χ1n) is 8.39. The van der Waals surface area contributed by atoms with Gasteiger partial charge >= 0.3 is 5.97 Å². The molecule has 0 amide bonds. The third-order valence-electron chi connectivity index (χ3n) is 4.43. The third kappa shape index (κ3) is 3.26. The second-order valence-corrected chi connectivity index (χ2v) is 8.57. The van der Waals surface area contributed by atoms with Crippen LogP contribution in [0.3, 0.4) is 0 Å². The van der Waals surface area contributed by atoms with Crippen LogP contribution in [-0.4, -0.2) is 17.6 Å². The van der Waals surface area contributed by atoms with Gasteiger partial charge in [-0.05, 0) is 42.1 Å². The second kappa shape index (κ2) is 7.50. The molecule has 0 fully saturated rings. The van der Waals surface area contributed by atoms with Crippen molar-refractivity contribution in [1.82, 2.24) is 4.57 Å². The summed E-state index contributed by atoms with van der Waals surface area (Å²) < 4.78 is 7.11. The number of carbonyl (C=O) groups excluding carboxylic acids is 1. The molecule has 1 atom stereocenters. The Morgan fingerprint density at radius 1 is 1.29 bits per heavy atom. The molecule has 0 N–H and O–H groups in total. The number of esters is 1. The highest BCUT2D eigenvalue weighted by atomic mass is 35.5. The fraction of sp³-hybridized carbons (Fsp3) is 0.150. The molecule has 0 spiro atoms. The van der Waals surface area contributed by atoms with Crippen LogP contribution < -0.4 is 14.9 Å². The number of aromatic nitrogens is 1. The lowest BCUT2D eigenvalue weighted by Gasteiger charge is -2.24. The molecule has 5 nitrogen and oxygen atoms in total. The fourth-order valence-corrected chi connectivity index (χ4v) is 5.05. The van der Waals surface area contributed by atoms with E-state index >= 15 is 0 Å². The van der Waals surface area contributed by atoms with E-state index in [1.807, 2.05) is 35.7 Å². The van der Waals surface area contributed by atoms with Crippen molar-refractivity contribution >= 4 is 46.3 Å². The fourth-order valence-electron chi connectivity index (χ4n) is 3.16. The maximum atomic E-state index is 13.2. The topological polar surface area (TPSA) is 60.7 Å². The Balaban J connectivity index is 2.00. The van der Waals surface area contributed by atoms with E-state index in [0.29, 0.717) is 25.6 Å². The Labute approximate surface area is 173 Å². The highest BCUT2D eigenvalue weighted by Crippen LogP contribution is 2.31. The van der Waals surface area contributed by atoms with Crippen molar-refractivity contribution in [2.75, 3.05) is 7.11 Å². The van der Waals surface area contributed by atoms with Gasteiger partial charge in [0.15, 0.2) is 4.80 Å². The predicted molar refractivity (Wildman–Crippen MR) is 112 cm³/mol. The number of methoxy groups -OCH3 is 1. The molecule has 0 saturated heterocycles. The summed E-state index contributed by atoms with van der Waals surface area (Å²) in [5.74, 6) is -0.506. The summed E-state index contributed by atoms with van der Waals surface area (Å²) in [7, 11) is 1.32. The number of hydrogen-bond donors (Lipinski definition) is 0. The molecular weight excluding hydrogens is 416 g/mol. The van der Waals surface area contributed by atoms with Gasteiger partial charge in [0.1, 0.15) is 0 Å². The first kappa shape index (κ1) is 18.9. The quantitative estimate of drug-likeness (QED) is 0.600. The number of carbonyl (C=O) groups is 1. The number of ether oxygens (including phenoxy) is 1. The molecule has 8 heteroatoms. The first-order chi connectivity index (χ1) is 13.5. The van der Waals surface area contributed by atoms with Gasteiger partial charge < -0.3 is 4.74 Å². The van der Waals surface area contributed by atoms with Gasteiger partial charge in [0, 0.05) is 9.90 Å². The van der Waals surface area contributed by atoms with Crippen LogP contribution in [0.2, 0.25) is 5.02 Å². The minimum atomic E-state index is -0.619. The van der Waals surface area contributed by atoms with Crippen LogP contribution >= 0.6 is 34.3 Å². The second-order valence-electron chi connectivity index (χ2n) is 6.14. The standard InChI is InChI=1S/C20H15ClN2O3S2/c1-11-16(19(25)26-2)17(12-5-7-13(21)8-6-12)23-18(24)15(28-20(23)22-11)10-14-4-3-9-27-14/h3-10,17H,1-2H3/b15-10-/t17-/m0/s1. The normalized spacial score (nSPS) is 16.7. The van der Waals surface area contributed by atoms with E-state index in [4.69, 9.17) is 16.3 Å². The summed E-state index contributed by atoms with van der Waals surface area (Å²) >= 11 is 8.89. The molecule has 0 aliphatic carbocycles. The number of hydrogen-bond acceptors (Lipinski definition) is 6. The number of fused-ring (bicyclic) bond motifs is 1. The van der Waals surface area contributed by atoms with Crippen molar-refractivity contribution in [3.63, 3.8) is 0 Å². The first-order valence-corrected chi connectivity index (χ1v) is 10.5. The van der Waals surface area contributed by atoms with E-state index in [1.54, 1.807) is 35.0 Å². The van der Waals surface area contributed by atoms with Crippen molar-refractivity contribution in [1.29, 1.82) is 0 Å². The molecule has 0 radical (unpaired) electrons. The van der Waals surface area contributed by atoms with Crippen molar-refractivity contribution in [2.45, 2.75) is 13.0 Å².